The fraction of sp³-hybridized carbons (Fsp3) is 1.00. The lowest BCUT2D eigenvalue weighted by molar-refractivity contribution is 0.138. The highest BCUT2D eigenvalue weighted by atomic mass is 15.1. The maximum atomic E-state index is 2.54. The average Bonchev–Trinajstić information content (AvgIpc) is 1.91. The fourth-order valence-electron chi connectivity index (χ4n) is 2.11. The first-order valence-electron chi connectivity index (χ1n) is 5.19. The van der Waals surface area contributed by atoms with Gasteiger partial charge in [-0.1, -0.05) is 27.2 Å². The van der Waals surface area contributed by atoms with Crippen molar-refractivity contribution in [2.45, 2.75) is 52.5 Å². The number of rotatable bonds is 1. The molecule has 1 aliphatic rings. The van der Waals surface area contributed by atoms with Crippen molar-refractivity contribution >= 4 is 0 Å². The molecule has 1 atom stereocenters. The Morgan fingerprint density at radius 2 is 1.92 bits per heavy atom. The molecule has 1 aliphatic heterocycles. The number of hydrogen-bond donors (Lipinski definition) is 0. The second-order valence-electron chi connectivity index (χ2n) is 5.39. The molecule has 0 bridgehead atoms. The van der Waals surface area contributed by atoms with E-state index < -0.39 is 0 Å². The van der Waals surface area contributed by atoms with Gasteiger partial charge in [-0.2, -0.15) is 0 Å². The van der Waals surface area contributed by atoms with Crippen molar-refractivity contribution in [2.24, 2.45) is 5.41 Å². The number of piperidine rings is 1. The van der Waals surface area contributed by atoms with Crippen LogP contribution in [0.4, 0.5) is 0 Å². The molecule has 0 radical (unpaired) electrons. The molecule has 0 saturated carbocycles. The minimum atomic E-state index is 0.496. The van der Waals surface area contributed by atoms with E-state index in [4.69, 9.17) is 0 Å². The lowest BCUT2D eigenvalue weighted by atomic mass is 9.84. The minimum Gasteiger partial charge on any atom is -0.303 e. The Morgan fingerprint density at radius 3 is 2.42 bits per heavy atom. The molecular formula is C11H23N. The van der Waals surface area contributed by atoms with Gasteiger partial charge >= 0.3 is 0 Å². The van der Waals surface area contributed by atoms with Crippen molar-refractivity contribution in [3.05, 3.63) is 0 Å². The van der Waals surface area contributed by atoms with Gasteiger partial charge in [0.25, 0.3) is 0 Å². The van der Waals surface area contributed by atoms with Gasteiger partial charge in [0.1, 0.15) is 0 Å². The van der Waals surface area contributed by atoms with Crippen LogP contribution in [0, 0.1) is 5.41 Å². The SMILES string of the molecule is CN1CCCCC1CC(C)(C)C. The molecule has 0 N–H and O–H groups in total. The van der Waals surface area contributed by atoms with Gasteiger partial charge in [0, 0.05) is 6.04 Å². The lowest BCUT2D eigenvalue weighted by Gasteiger charge is -2.36. The highest BCUT2D eigenvalue weighted by Gasteiger charge is 2.23. The first kappa shape index (κ1) is 10.0. The molecule has 1 unspecified atom stereocenters. The summed E-state index contributed by atoms with van der Waals surface area (Å²) in [4.78, 5) is 2.54. The average molecular weight is 169 g/mol. The summed E-state index contributed by atoms with van der Waals surface area (Å²) in [5.74, 6) is 0. The number of hydrogen-bond acceptors (Lipinski definition) is 1. The van der Waals surface area contributed by atoms with Crippen LogP contribution in [-0.4, -0.2) is 24.5 Å². The Kier molecular flexibility index (Phi) is 3.16. The largest absolute Gasteiger partial charge is 0.303 e. The third-order valence-electron chi connectivity index (χ3n) is 2.77. The van der Waals surface area contributed by atoms with Crippen LogP contribution in [0.2, 0.25) is 0 Å². The molecule has 0 aliphatic carbocycles. The van der Waals surface area contributed by atoms with E-state index in [-0.39, 0.29) is 0 Å². The molecule has 1 fully saturated rings. The molecule has 1 saturated heterocycles. The van der Waals surface area contributed by atoms with Crippen LogP contribution < -0.4 is 0 Å². The maximum Gasteiger partial charge on any atom is 0.00971 e. The van der Waals surface area contributed by atoms with Crippen LogP contribution in [0.15, 0.2) is 0 Å². The summed E-state index contributed by atoms with van der Waals surface area (Å²) in [6.45, 7) is 8.33. The molecule has 0 aromatic carbocycles. The predicted octanol–water partition coefficient (Wildman–Crippen LogP) is 2.91. The molecule has 0 spiro atoms. The smallest absolute Gasteiger partial charge is 0.00971 e. The van der Waals surface area contributed by atoms with Gasteiger partial charge in [-0.3, -0.25) is 0 Å². The molecule has 72 valence electrons. The van der Waals surface area contributed by atoms with Crippen LogP contribution in [0.3, 0.4) is 0 Å². The molecule has 0 aromatic rings. The summed E-state index contributed by atoms with van der Waals surface area (Å²) in [7, 11) is 2.27. The van der Waals surface area contributed by atoms with Crippen LogP contribution in [0.5, 0.6) is 0 Å². The summed E-state index contributed by atoms with van der Waals surface area (Å²) >= 11 is 0. The molecule has 1 nitrogen and oxygen atoms in total. The standard InChI is InChI=1S/C11H23N/c1-11(2,3)9-10-7-5-6-8-12(10)4/h10H,5-9H2,1-4H3. The third kappa shape index (κ3) is 3.14. The molecule has 12 heavy (non-hydrogen) atoms. The molecule has 1 heteroatoms. The van der Waals surface area contributed by atoms with Gasteiger partial charge in [-0.25, -0.2) is 0 Å². The maximum absolute atomic E-state index is 2.54. The summed E-state index contributed by atoms with van der Waals surface area (Å²) in [5, 5.41) is 0. The second-order valence-corrected chi connectivity index (χ2v) is 5.39. The Hall–Kier alpha value is -0.0400. The highest BCUT2D eigenvalue weighted by Crippen LogP contribution is 2.28. The van der Waals surface area contributed by atoms with Crippen molar-refractivity contribution in [3.8, 4) is 0 Å². The Balaban J connectivity index is 2.39. The van der Waals surface area contributed by atoms with Crippen LogP contribution in [0.1, 0.15) is 46.5 Å². The minimum absolute atomic E-state index is 0.496. The Bertz CT molecular complexity index is 134. The fourth-order valence-corrected chi connectivity index (χ4v) is 2.11. The Morgan fingerprint density at radius 1 is 1.25 bits per heavy atom. The summed E-state index contributed by atoms with van der Waals surface area (Å²) < 4.78 is 0. The molecule has 1 rings (SSSR count). The zero-order chi connectivity index (χ0) is 9.19. The first-order valence-corrected chi connectivity index (χ1v) is 5.19. The number of likely N-dealkylation sites (tertiary alicyclic amines) is 1. The Labute approximate surface area is 77.1 Å². The zero-order valence-electron chi connectivity index (χ0n) is 9.06. The molecular weight excluding hydrogens is 146 g/mol. The lowest BCUT2D eigenvalue weighted by Crippen LogP contribution is -2.38. The third-order valence-corrected chi connectivity index (χ3v) is 2.77. The molecule has 1 heterocycles. The second kappa shape index (κ2) is 3.78. The topological polar surface area (TPSA) is 3.24 Å². The van der Waals surface area contributed by atoms with E-state index in [0.29, 0.717) is 5.41 Å². The van der Waals surface area contributed by atoms with E-state index in [2.05, 4.69) is 32.7 Å². The van der Waals surface area contributed by atoms with Crippen LogP contribution in [-0.2, 0) is 0 Å². The van der Waals surface area contributed by atoms with Crippen LogP contribution in [0.25, 0.3) is 0 Å². The van der Waals surface area contributed by atoms with Gasteiger partial charge in [-0.15, -0.1) is 0 Å². The van der Waals surface area contributed by atoms with Gasteiger partial charge in [0.05, 0.1) is 0 Å². The van der Waals surface area contributed by atoms with E-state index in [9.17, 15) is 0 Å². The van der Waals surface area contributed by atoms with Crippen molar-refractivity contribution in [1.29, 1.82) is 0 Å². The van der Waals surface area contributed by atoms with Crippen molar-refractivity contribution in [1.82, 2.24) is 4.90 Å². The van der Waals surface area contributed by atoms with Gasteiger partial charge < -0.3 is 4.90 Å². The van der Waals surface area contributed by atoms with Crippen molar-refractivity contribution in [3.63, 3.8) is 0 Å². The van der Waals surface area contributed by atoms with Gasteiger partial charge in [0.2, 0.25) is 0 Å². The van der Waals surface area contributed by atoms with E-state index in [1.165, 1.54) is 32.2 Å². The van der Waals surface area contributed by atoms with Gasteiger partial charge in [-0.05, 0) is 38.3 Å². The summed E-state index contributed by atoms with van der Waals surface area (Å²) in [6, 6.07) is 0.846. The van der Waals surface area contributed by atoms with E-state index >= 15 is 0 Å². The summed E-state index contributed by atoms with van der Waals surface area (Å²) in [5.41, 5.74) is 0.496. The molecule has 0 amide bonds. The number of nitrogens with zero attached hydrogens (tertiary/aromatic N) is 1. The van der Waals surface area contributed by atoms with E-state index in [1.807, 2.05) is 0 Å². The normalized spacial score (nSPS) is 27.5. The predicted molar refractivity (Wildman–Crippen MR) is 54.3 cm³/mol. The van der Waals surface area contributed by atoms with Crippen molar-refractivity contribution in [2.75, 3.05) is 13.6 Å². The zero-order valence-corrected chi connectivity index (χ0v) is 9.06. The monoisotopic (exact) mass is 169 g/mol. The van der Waals surface area contributed by atoms with Crippen LogP contribution >= 0.6 is 0 Å². The van der Waals surface area contributed by atoms with E-state index in [1.54, 1.807) is 0 Å². The molecule has 0 aromatic heterocycles. The van der Waals surface area contributed by atoms with E-state index in [0.717, 1.165) is 6.04 Å². The summed E-state index contributed by atoms with van der Waals surface area (Å²) in [6.07, 6.45) is 5.60. The first-order chi connectivity index (χ1) is 5.49. The quantitative estimate of drug-likeness (QED) is 0.583. The van der Waals surface area contributed by atoms with Gasteiger partial charge in [0.15, 0.2) is 0 Å². The van der Waals surface area contributed by atoms with Crippen molar-refractivity contribution < 1.29 is 0 Å². The highest BCUT2D eigenvalue weighted by molar-refractivity contribution is 4.78.